The number of pyridine rings is 1. The van der Waals surface area contributed by atoms with Crippen LogP contribution >= 0.6 is 0 Å². The molecule has 0 spiro atoms. The van der Waals surface area contributed by atoms with Crippen molar-refractivity contribution in [3.8, 4) is 0 Å². The second-order valence-electron chi connectivity index (χ2n) is 8.20. The van der Waals surface area contributed by atoms with Crippen molar-refractivity contribution in [2.45, 2.75) is 32.4 Å². The molecule has 0 radical (unpaired) electrons. The Kier molecular flexibility index (Phi) is 5.67. The van der Waals surface area contributed by atoms with Gasteiger partial charge >= 0.3 is 6.09 Å². The van der Waals surface area contributed by atoms with E-state index in [4.69, 9.17) is 9.15 Å². The molecule has 6 nitrogen and oxygen atoms in total. The topological polar surface area (TPSA) is 58.8 Å². The highest BCUT2D eigenvalue weighted by molar-refractivity contribution is 5.87. The van der Waals surface area contributed by atoms with Gasteiger partial charge in [-0.3, -0.25) is 0 Å². The van der Waals surface area contributed by atoms with Crippen LogP contribution < -0.4 is 4.90 Å². The van der Waals surface area contributed by atoms with Gasteiger partial charge in [-0.2, -0.15) is 0 Å². The number of nitrogens with zero attached hydrogens (tertiary/aromatic N) is 3. The Labute approximate surface area is 187 Å². The zero-order valence-electron chi connectivity index (χ0n) is 18.2. The Bertz CT molecular complexity index is 1230. The molecule has 0 N–H and O–H groups in total. The van der Waals surface area contributed by atoms with Crippen molar-refractivity contribution in [3.63, 3.8) is 0 Å². The van der Waals surface area contributed by atoms with Crippen molar-refractivity contribution in [2.75, 3.05) is 24.6 Å². The van der Waals surface area contributed by atoms with Crippen LogP contribution in [0.5, 0.6) is 0 Å². The Morgan fingerprint density at radius 2 is 1.91 bits per heavy atom. The predicted octanol–water partition coefficient (Wildman–Crippen LogP) is 5.61. The summed E-state index contributed by atoms with van der Waals surface area (Å²) in [5, 5.41) is 3.44. The van der Waals surface area contributed by atoms with Crippen LogP contribution in [0, 0.1) is 0 Å². The second-order valence-corrected chi connectivity index (χ2v) is 8.20. The highest BCUT2D eigenvalue weighted by atomic mass is 16.6. The average molecular weight is 430 g/mol. The van der Waals surface area contributed by atoms with Crippen molar-refractivity contribution in [1.82, 2.24) is 9.88 Å². The van der Waals surface area contributed by atoms with Crippen LogP contribution in [0.1, 0.15) is 25.3 Å². The van der Waals surface area contributed by atoms with Crippen LogP contribution in [-0.2, 0) is 11.3 Å². The monoisotopic (exact) mass is 429 g/mol. The Morgan fingerprint density at radius 3 is 2.72 bits per heavy atom. The lowest BCUT2D eigenvalue weighted by Gasteiger charge is -2.38. The zero-order valence-corrected chi connectivity index (χ0v) is 18.2. The summed E-state index contributed by atoms with van der Waals surface area (Å²) in [6, 6.07) is 18.7. The van der Waals surface area contributed by atoms with Crippen molar-refractivity contribution < 1.29 is 13.9 Å². The normalized spacial score (nSPS) is 14.7. The van der Waals surface area contributed by atoms with E-state index in [0.29, 0.717) is 13.2 Å². The predicted molar refractivity (Wildman–Crippen MR) is 126 cm³/mol. The van der Waals surface area contributed by atoms with Crippen LogP contribution in [0.3, 0.4) is 0 Å². The summed E-state index contributed by atoms with van der Waals surface area (Å²) in [6.07, 6.45) is 4.99. The molecule has 1 saturated heterocycles. The van der Waals surface area contributed by atoms with Gasteiger partial charge in [0.2, 0.25) is 0 Å². The number of carbonyl (C=O) groups excluding carboxylic acids is 1. The van der Waals surface area contributed by atoms with Gasteiger partial charge in [-0.1, -0.05) is 36.4 Å². The fourth-order valence-electron chi connectivity index (χ4n) is 4.58. The fourth-order valence-corrected chi connectivity index (χ4v) is 4.58. The zero-order chi connectivity index (χ0) is 21.9. The smallest absolute Gasteiger partial charge is 0.410 e. The molecule has 0 bridgehead atoms. The number of fused-ring (bicyclic) bond motifs is 2. The molecule has 1 aliphatic heterocycles. The Morgan fingerprint density at radius 1 is 1.09 bits per heavy atom. The van der Waals surface area contributed by atoms with Crippen molar-refractivity contribution in [2.24, 2.45) is 0 Å². The van der Waals surface area contributed by atoms with Crippen LogP contribution in [-0.4, -0.2) is 41.7 Å². The number of furan rings is 1. The molecule has 164 valence electrons. The van der Waals surface area contributed by atoms with E-state index in [2.05, 4.69) is 40.2 Å². The summed E-state index contributed by atoms with van der Waals surface area (Å²) in [5.74, 6) is 0.878. The summed E-state index contributed by atoms with van der Waals surface area (Å²) >= 11 is 0. The summed E-state index contributed by atoms with van der Waals surface area (Å²) in [4.78, 5) is 21.6. The Hall–Kier alpha value is -3.54. The maximum Gasteiger partial charge on any atom is 0.410 e. The quantitative estimate of drug-likeness (QED) is 0.413. The van der Waals surface area contributed by atoms with Gasteiger partial charge < -0.3 is 19.0 Å². The molecule has 32 heavy (non-hydrogen) atoms. The molecule has 6 heteroatoms. The minimum absolute atomic E-state index is 0.118. The standard InChI is InChI=1S/C26H27N3O3/c1-2-31-26(30)29(18-19-7-8-20-5-3-4-6-22(20)17-19)23-10-14-28(15-11-23)25-24-21(9-13-27-25)12-16-32-24/h3-9,12-13,16-17,23H,2,10-11,14-15,18H2,1H3. The molecule has 5 rings (SSSR count). The van der Waals surface area contributed by atoms with Crippen molar-refractivity contribution in [3.05, 3.63) is 72.6 Å². The molecular formula is C26H27N3O3. The lowest BCUT2D eigenvalue weighted by atomic mass is 10.0. The number of piperidine rings is 1. The molecule has 4 aromatic rings. The van der Waals surface area contributed by atoms with E-state index in [1.807, 2.05) is 42.3 Å². The SMILES string of the molecule is CCOC(=O)N(Cc1ccc2ccccc2c1)C1CCN(c2nccc3ccoc23)CC1. The van der Waals surface area contributed by atoms with E-state index in [-0.39, 0.29) is 12.1 Å². The van der Waals surface area contributed by atoms with Gasteiger partial charge in [0.15, 0.2) is 11.4 Å². The lowest BCUT2D eigenvalue weighted by molar-refractivity contribution is 0.0804. The molecular weight excluding hydrogens is 402 g/mol. The third-order valence-corrected chi connectivity index (χ3v) is 6.22. The first kappa shape index (κ1) is 20.4. The summed E-state index contributed by atoms with van der Waals surface area (Å²) < 4.78 is 11.1. The number of amides is 1. The van der Waals surface area contributed by atoms with Crippen LogP contribution in [0.15, 0.2) is 71.5 Å². The molecule has 2 aromatic heterocycles. The minimum Gasteiger partial charge on any atom is -0.460 e. The lowest BCUT2D eigenvalue weighted by Crippen LogP contribution is -2.47. The number of ether oxygens (including phenoxy) is 1. The third kappa shape index (κ3) is 4.00. The van der Waals surface area contributed by atoms with E-state index in [1.165, 1.54) is 10.8 Å². The maximum atomic E-state index is 12.9. The number of aromatic nitrogens is 1. The van der Waals surface area contributed by atoms with Gasteiger partial charge in [0, 0.05) is 37.3 Å². The number of rotatable bonds is 5. The van der Waals surface area contributed by atoms with E-state index in [1.54, 1.807) is 6.26 Å². The molecule has 0 unspecified atom stereocenters. The van der Waals surface area contributed by atoms with Gasteiger partial charge in [-0.05, 0) is 54.3 Å². The van der Waals surface area contributed by atoms with Gasteiger partial charge in [0.1, 0.15) is 0 Å². The van der Waals surface area contributed by atoms with Gasteiger partial charge in [-0.15, -0.1) is 0 Å². The van der Waals surface area contributed by atoms with Crippen molar-refractivity contribution >= 4 is 33.7 Å². The first-order valence-electron chi connectivity index (χ1n) is 11.2. The second kappa shape index (κ2) is 8.91. The highest BCUT2D eigenvalue weighted by Crippen LogP contribution is 2.29. The number of carbonyl (C=O) groups is 1. The van der Waals surface area contributed by atoms with Crippen LogP contribution in [0.4, 0.5) is 10.6 Å². The van der Waals surface area contributed by atoms with Crippen LogP contribution in [0.25, 0.3) is 21.7 Å². The van der Waals surface area contributed by atoms with E-state index in [9.17, 15) is 4.79 Å². The number of anilines is 1. The Balaban J connectivity index is 1.33. The first-order valence-corrected chi connectivity index (χ1v) is 11.2. The summed E-state index contributed by atoms with van der Waals surface area (Å²) in [6.45, 7) is 4.39. The van der Waals surface area contributed by atoms with E-state index < -0.39 is 0 Å². The number of hydrogen-bond acceptors (Lipinski definition) is 5. The molecule has 0 aliphatic carbocycles. The molecule has 0 saturated carbocycles. The van der Waals surface area contributed by atoms with Crippen molar-refractivity contribution in [1.29, 1.82) is 0 Å². The molecule has 1 aliphatic rings. The minimum atomic E-state index is -0.245. The van der Waals surface area contributed by atoms with E-state index >= 15 is 0 Å². The molecule has 1 amide bonds. The first-order chi connectivity index (χ1) is 15.7. The fraction of sp³-hybridized carbons (Fsp3) is 0.308. The average Bonchev–Trinajstić information content (AvgIpc) is 3.32. The molecule has 0 atom stereocenters. The summed E-state index contributed by atoms with van der Waals surface area (Å²) in [5.41, 5.74) is 1.94. The van der Waals surface area contributed by atoms with Gasteiger partial charge in [-0.25, -0.2) is 9.78 Å². The third-order valence-electron chi connectivity index (χ3n) is 6.22. The number of benzene rings is 2. The largest absolute Gasteiger partial charge is 0.460 e. The summed E-state index contributed by atoms with van der Waals surface area (Å²) in [7, 11) is 0. The van der Waals surface area contributed by atoms with Gasteiger partial charge in [0.05, 0.1) is 12.9 Å². The highest BCUT2D eigenvalue weighted by Gasteiger charge is 2.30. The maximum absolute atomic E-state index is 12.9. The molecule has 2 aromatic carbocycles. The van der Waals surface area contributed by atoms with Gasteiger partial charge in [0.25, 0.3) is 0 Å². The molecule has 3 heterocycles. The van der Waals surface area contributed by atoms with Crippen LogP contribution in [0.2, 0.25) is 0 Å². The van der Waals surface area contributed by atoms with E-state index in [0.717, 1.165) is 48.3 Å². The molecule has 1 fully saturated rings. The number of hydrogen-bond donors (Lipinski definition) is 0.